The number of hydrogen-bond acceptors (Lipinski definition) is 5. The molecule has 2 aromatic heterocycles. The van der Waals surface area contributed by atoms with Crippen LogP contribution in [0.1, 0.15) is 28.5 Å². The molecular weight excluding hydrogens is 370 g/mol. The van der Waals surface area contributed by atoms with E-state index in [1.807, 2.05) is 30.3 Å². The molecule has 0 atom stereocenters. The monoisotopic (exact) mass is 387 g/mol. The van der Waals surface area contributed by atoms with Crippen molar-refractivity contribution in [2.45, 2.75) is 13.3 Å². The van der Waals surface area contributed by atoms with E-state index in [4.69, 9.17) is 4.74 Å². The smallest absolute Gasteiger partial charge is 0.335 e. The van der Waals surface area contributed by atoms with Gasteiger partial charge >= 0.3 is 11.9 Å². The summed E-state index contributed by atoms with van der Waals surface area (Å²) in [4.78, 5) is 26.7. The van der Waals surface area contributed by atoms with E-state index in [2.05, 4.69) is 10.1 Å². The minimum absolute atomic E-state index is 0.211. The molecule has 7 heteroatoms. The highest BCUT2D eigenvalue weighted by Gasteiger charge is 2.10. The lowest BCUT2D eigenvalue weighted by Crippen LogP contribution is -2.02. The number of aromatic carboxylic acids is 1. The van der Waals surface area contributed by atoms with E-state index < -0.39 is 5.97 Å². The minimum Gasteiger partial charge on any atom is -0.478 e. The van der Waals surface area contributed by atoms with Crippen molar-refractivity contribution in [3.8, 4) is 17.0 Å². The number of rotatable bonds is 5. The summed E-state index contributed by atoms with van der Waals surface area (Å²) in [6.45, 7) is 1.36. The van der Waals surface area contributed by atoms with Gasteiger partial charge in [0.1, 0.15) is 5.75 Å². The summed E-state index contributed by atoms with van der Waals surface area (Å²) in [6, 6.07) is 17.6. The maximum Gasteiger partial charge on any atom is 0.335 e. The number of carbonyl (C=O) groups is 2. The molecule has 0 radical (unpaired) electrons. The Labute approximate surface area is 166 Å². The van der Waals surface area contributed by atoms with Gasteiger partial charge in [-0.15, -0.1) is 0 Å². The highest BCUT2D eigenvalue weighted by Crippen LogP contribution is 2.21. The lowest BCUT2D eigenvalue weighted by molar-refractivity contribution is -0.131. The van der Waals surface area contributed by atoms with Gasteiger partial charge in [0.15, 0.2) is 5.65 Å². The third-order valence-electron chi connectivity index (χ3n) is 4.41. The average Bonchev–Trinajstić information content (AvgIpc) is 3.11. The topological polar surface area (TPSA) is 93.8 Å². The van der Waals surface area contributed by atoms with Crippen molar-refractivity contribution >= 4 is 17.6 Å². The van der Waals surface area contributed by atoms with Crippen molar-refractivity contribution in [2.24, 2.45) is 0 Å². The first-order valence-corrected chi connectivity index (χ1v) is 8.94. The van der Waals surface area contributed by atoms with Crippen LogP contribution in [0.3, 0.4) is 0 Å². The van der Waals surface area contributed by atoms with Crippen LogP contribution in [0.25, 0.3) is 16.9 Å². The predicted molar refractivity (Wildman–Crippen MR) is 106 cm³/mol. The van der Waals surface area contributed by atoms with Crippen LogP contribution in [0, 0.1) is 0 Å². The molecule has 0 aliphatic rings. The zero-order valence-corrected chi connectivity index (χ0v) is 15.6. The molecule has 0 amide bonds. The predicted octanol–water partition coefficient (Wildman–Crippen LogP) is 3.61. The van der Waals surface area contributed by atoms with E-state index in [-0.39, 0.29) is 11.5 Å². The first-order valence-electron chi connectivity index (χ1n) is 8.94. The molecule has 144 valence electrons. The first kappa shape index (κ1) is 18.4. The molecule has 7 nitrogen and oxygen atoms in total. The molecule has 2 heterocycles. The second-order valence-electron chi connectivity index (χ2n) is 6.54. The van der Waals surface area contributed by atoms with Crippen LogP contribution in [0.4, 0.5) is 0 Å². The quantitative estimate of drug-likeness (QED) is 0.415. The molecule has 0 saturated heterocycles. The second kappa shape index (κ2) is 7.55. The number of esters is 1. The molecular formula is C22H17N3O4. The Balaban J connectivity index is 1.64. The van der Waals surface area contributed by atoms with Crippen molar-refractivity contribution in [1.29, 1.82) is 0 Å². The van der Waals surface area contributed by atoms with Gasteiger partial charge in [-0.05, 0) is 42.0 Å². The molecule has 0 saturated carbocycles. The van der Waals surface area contributed by atoms with Crippen LogP contribution in [-0.4, -0.2) is 31.6 Å². The highest BCUT2D eigenvalue weighted by molar-refractivity contribution is 5.89. The minimum atomic E-state index is -0.978. The SMILES string of the molecule is CC(=O)Oc1ccc(Cc2cnc3ccc(-c4cccc(C(=O)O)c4)nn23)cc1. The molecule has 0 unspecified atom stereocenters. The summed E-state index contributed by atoms with van der Waals surface area (Å²) < 4.78 is 6.81. The lowest BCUT2D eigenvalue weighted by atomic mass is 10.1. The van der Waals surface area contributed by atoms with Crippen molar-refractivity contribution in [1.82, 2.24) is 14.6 Å². The maximum absolute atomic E-state index is 11.2. The number of benzene rings is 2. The molecule has 0 fully saturated rings. The van der Waals surface area contributed by atoms with E-state index >= 15 is 0 Å². The number of carboxylic acids is 1. The number of hydrogen-bond donors (Lipinski definition) is 1. The Morgan fingerprint density at radius 1 is 1.07 bits per heavy atom. The van der Waals surface area contributed by atoms with E-state index in [1.165, 1.54) is 6.92 Å². The third-order valence-corrected chi connectivity index (χ3v) is 4.41. The van der Waals surface area contributed by atoms with E-state index in [0.29, 0.717) is 23.5 Å². The fraction of sp³-hybridized carbons (Fsp3) is 0.0909. The van der Waals surface area contributed by atoms with Gasteiger partial charge in [-0.1, -0.05) is 24.3 Å². The molecule has 0 aliphatic carbocycles. The van der Waals surface area contributed by atoms with Crippen LogP contribution in [0.2, 0.25) is 0 Å². The van der Waals surface area contributed by atoms with Crippen molar-refractivity contribution < 1.29 is 19.4 Å². The molecule has 0 aliphatic heterocycles. The number of nitrogens with zero attached hydrogens (tertiary/aromatic N) is 3. The van der Waals surface area contributed by atoms with Crippen LogP contribution in [-0.2, 0) is 11.2 Å². The van der Waals surface area contributed by atoms with Crippen molar-refractivity contribution in [2.75, 3.05) is 0 Å². The summed E-state index contributed by atoms with van der Waals surface area (Å²) in [5, 5.41) is 13.9. The molecule has 1 N–H and O–H groups in total. The Kier molecular flexibility index (Phi) is 4.78. The fourth-order valence-corrected chi connectivity index (χ4v) is 3.06. The fourth-order valence-electron chi connectivity index (χ4n) is 3.06. The van der Waals surface area contributed by atoms with Gasteiger partial charge in [-0.3, -0.25) is 4.79 Å². The van der Waals surface area contributed by atoms with E-state index in [1.54, 1.807) is 41.0 Å². The molecule has 2 aromatic carbocycles. The van der Waals surface area contributed by atoms with Gasteiger partial charge in [0, 0.05) is 18.9 Å². The number of aromatic nitrogens is 3. The van der Waals surface area contributed by atoms with E-state index in [0.717, 1.165) is 16.8 Å². The summed E-state index contributed by atoms with van der Waals surface area (Å²) in [5.41, 5.74) is 4.19. The van der Waals surface area contributed by atoms with Crippen molar-refractivity contribution in [3.63, 3.8) is 0 Å². The Hall–Kier alpha value is -4.00. The van der Waals surface area contributed by atoms with Crippen molar-refractivity contribution in [3.05, 3.63) is 83.7 Å². The van der Waals surface area contributed by atoms with Gasteiger partial charge in [0.25, 0.3) is 0 Å². The molecule has 29 heavy (non-hydrogen) atoms. The normalized spacial score (nSPS) is 10.8. The first-order chi connectivity index (χ1) is 14.0. The van der Waals surface area contributed by atoms with Crippen LogP contribution in [0.15, 0.2) is 66.9 Å². The molecule has 4 rings (SSSR count). The van der Waals surface area contributed by atoms with Crippen LogP contribution < -0.4 is 4.74 Å². The van der Waals surface area contributed by atoms with E-state index in [9.17, 15) is 14.7 Å². The zero-order valence-electron chi connectivity index (χ0n) is 15.6. The second-order valence-corrected chi connectivity index (χ2v) is 6.54. The summed E-state index contributed by atoms with van der Waals surface area (Å²) in [6.07, 6.45) is 2.35. The number of carbonyl (C=O) groups excluding carboxylic acids is 1. The maximum atomic E-state index is 11.2. The van der Waals surface area contributed by atoms with Gasteiger partial charge in [-0.2, -0.15) is 5.10 Å². The van der Waals surface area contributed by atoms with Gasteiger partial charge in [-0.25, -0.2) is 14.3 Å². The molecule has 0 bridgehead atoms. The summed E-state index contributed by atoms with van der Waals surface area (Å²) in [7, 11) is 0. The Morgan fingerprint density at radius 3 is 2.59 bits per heavy atom. The van der Waals surface area contributed by atoms with Gasteiger partial charge < -0.3 is 9.84 Å². The Morgan fingerprint density at radius 2 is 1.86 bits per heavy atom. The Bertz CT molecular complexity index is 1210. The lowest BCUT2D eigenvalue weighted by Gasteiger charge is -2.06. The standard InChI is InChI=1S/C22H17N3O4/c1-14(26)29-19-7-5-15(6-8-19)11-18-13-23-21-10-9-20(24-25(18)21)16-3-2-4-17(12-16)22(27)28/h2-10,12-13H,11H2,1H3,(H,27,28). The van der Waals surface area contributed by atoms with Crippen LogP contribution >= 0.6 is 0 Å². The number of imidazole rings is 1. The summed E-state index contributed by atoms with van der Waals surface area (Å²) >= 11 is 0. The largest absolute Gasteiger partial charge is 0.478 e. The summed E-state index contributed by atoms with van der Waals surface area (Å²) in [5.74, 6) is -0.838. The molecule has 0 spiro atoms. The number of fused-ring (bicyclic) bond motifs is 1. The zero-order chi connectivity index (χ0) is 20.4. The number of carboxylic acid groups (broad SMARTS) is 1. The highest BCUT2D eigenvalue weighted by atomic mass is 16.5. The van der Waals surface area contributed by atoms with Gasteiger partial charge in [0.2, 0.25) is 0 Å². The van der Waals surface area contributed by atoms with Crippen LogP contribution in [0.5, 0.6) is 5.75 Å². The third kappa shape index (κ3) is 3.98. The number of ether oxygens (including phenoxy) is 1. The average molecular weight is 387 g/mol. The van der Waals surface area contributed by atoms with Gasteiger partial charge in [0.05, 0.1) is 23.1 Å². The molecule has 4 aromatic rings.